The fraction of sp³-hybridized carbons (Fsp3) is 0.611. The van der Waals surface area contributed by atoms with Crippen LogP contribution < -0.4 is 10.6 Å². The number of hydrogen-bond donors (Lipinski definition) is 2. The van der Waals surface area contributed by atoms with Crippen LogP contribution in [0.3, 0.4) is 0 Å². The maximum atomic E-state index is 12.5. The second-order valence-corrected chi connectivity index (χ2v) is 7.52. The molecule has 1 aliphatic rings. The van der Waals surface area contributed by atoms with Crippen molar-refractivity contribution >= 4 is 33.4 Å². The summed E-state index contributed by atoms with van der Waals surface area (Å²) in [6, 6.07) is 0.456. The molecular weight excluding hydrogens is 352 g/mol. The first-order valence-corrected chi connectivity index (χ1v) is 10.0. The maximum Gasteiger partial charge on any atom is 0.319 e. The number of nitrogens with one attached hydrogen (secondary N) is 2. The number of thiophene rings is 1. The third-order valence-electron chi connectivity index (χ3n) is 4.85. The second kappa shape index (κ2) is 8.64. The van der Waals surface area contributed by atoms with E-state index in [-0.39, 0.29) is 18.4 Å². The normalized spacial score (nSPS) is 15.3. The van der Waals surface area contributed by atoms with Crippen molar-refractivity contribution in [3.8, 4) is 0 Å². The zero-order valence-corrected chi connectivity index (χ0v) is 16.2. The van der Waals surface area contributed by atoms with Gasteiger partial charge in [-0.15, -0.1) is 11.3 Å². The van der Waals surface area contributed by atoms with Crippen LogP contribution in [0, 0.1) is 6.92 Å². The van der Waals surface area contributed by atoms with Crippen LogP contribution in [0.5, 0.6) is 0 Å². The molecule has 7 nitrogen and oxygen atoms in total. The van der Waals surface area contributed by atoms with Gasteiger partial charge in [0.2, 0.25) is 0 Å². The quantitative estimate of drug-likeness (QED) is 0.571. The van der Waals surface area contributed by atoms with Crippen molar-refractivity contribution in [2.75, 3.05) is 26.7 Å². The van der Waals surface area contributed by atoms with Gasteiger partial charge in [-0.1, -0.05) is 19.3 Å². The average molecular weight is 378 g/mol. The van der Waals surface area contributed by atoms with Crippen LogP contribution in [0.1, 0.15) is 54.2 Å². The number of nitrogens with zero attached hydrogens (tertiary/aromatic N) is 2. The number of carbonyl (C=O) groups excluding carboxylic acids is 2. The molecule has 26 heavy (non-hydrogen) atoms. The van der Waals surface area contributed by atoms with Gasteiger partial charge in [0.25, 0.3) is 5.91 Å². The first-order valence-electron chi connectivity index (χ1n) is 9.14. The SMILES string of the molecule is COC(=O)CNCCNC(=O)c1csc2c1c(C)nn2C1CCCCC1. The molecule has 142 valence electrons. The van der Waals surface area contributed by atoms with Crippen molar-refractivity contribution in [3.63, 3.8) is 0 Å². The van der Waals surface area contributed by atoms with E-state index >= 15 is 0 Å². The van der Waals surface area contributed by atoms with Crippen LogP contribution in [0.15, 0.2) is 5.38 Å². The fourth-order valence-corrected chi connectivity index (χ4v) is 4.61. The van der Waals surface area contributed by atoms with E-state index in [1.165, 1.54) is 39.2 Å². The number of rotatable bonds is 7. The molecule has 0 aromatic carbocycles. The van der Waals surface area contributed by atoms with Gasteiger partial charge in [0.1, 0.15) is 4.83 Å². The van der Waals surface area contributed by atoms with Crippen molar-refractivity contribution < 1.29 is 14.3 Å². The third kappa shape index (κ3) is 4.07. The zero-order chi connectivity index (χ0) is 18.5. The number of hydrogen-bond acceptors (Lipinski definition) is 6. The number of methoxy groups -OCH3 is 1. The van der Waals surface area contributed by atoms with Gasteiger partial charge in [0.15, 0.2) is 0 Å². The Morgan fingerprint density at radius 1 is 1.31 bits per heavy atom. The van der Waals surface area contributed by atoms with Crippen LogP contribution in [0.2, 0.25) is 0 Å². The minimum atomic E-state index is -0.318. The maximum absolute atomic E-state index is 12.5. The number of esters is 1. The summed E-state index contributed by atoms with van der Waals surface area (Å²) in [7, 11) is 1.35. The number of aromatic nitrogens is 2. The van der Waals surface area contributed by atoms with E-state index in [0.29, 0.717) is 24.7 Å². The standard InChI is InChI=1S/C18H26N4O3S/c1-12-16-14(17(24)20-9-8-19-10-15(23)25-2)11-26-18(16)22(21-12)13-6-4-3-5-7-13/h11,13,19H,3-10H2,1-2H3,(H,20,24). The topological polar surface area (TPSA) is 85.2 Å². The van der Waals surface area contributed by atoms with Crippen LogP contribution >= 0.6 is 11.3 Å². The molecule has 2 aromatic rings. The Bertz CT molecular complexity index is 777. The van der Waals surface area contributed by atoms with E-state index in [4.69, 9.17) is 5.10 Å². The minimum Gasteiger partial charge on any atom is -0.468 e. The molecule has 0 aliphatic heterocycles. The van der Waals surface area contributed by atoms with Crippen molar-refractivity contribution in [2.24, 2.45) is 0 Å². The first kappa shape index (κ1) is 18.8. The lowest BCUT2D eigenvalue weighted by atomic mass is 9.96. The molecule has 1 fully saturated rings. The van der Waals surface area contributed by atoms with Crippen LogP contribution in [-0.2, 0) is 9.53 Å². The van der Waals surface area contributed by atoms with Crippen molar-refractivity contribution in [2.45, 2.75) is 45.1 Å². The highest BCUT2D eigenvalue weighted by Gasteiger charge is 2.23. The van der Waals surface area contributed by atoms with Crippen LogP contribution in [0.25, 0.3) is 10.2 Å². The van der Waals surface area contributed by atoms with Crippen LogP contribution in [0.4, 0.5) is 0 Å². The number of fused-ring (bicyclic) bond motifs is 1. The van der Waals surface area contributed by atoms with E-state index in [0.717, 1.165) is 15.9 Å². The lowest BCUT2D eigenvalue weighted by Gasteiger charge is -2.22. The summed E-state index contributed by atoms with van der Waals surface area (Å²) in [6.07, 6.45) is 6.15. The predicted molar refractivity (Wildman–Crippen MR) is 102 cm³/mol. The Labute approximate surface area is 157 Å². The molecule has 0 spiro atoms. The number of carbonyl (C=O) groups is 2. The van der Waals surface area contributed by atoms with Crippen molar-refractivity contribution in [1.29, 1.82) is 0 Å². The highest BCUT2D eigenvalue weighted by molar-refractivity contribution is 7.17. The second-order valence-electron chi connectivity index (χ2n) is 6.66. The molecule has 2 N–H and O–H groups in total. The molecule has 0 atom stereocenters. The minimum absolute atomic E-state index is 0.0950. The van der Waals surface area contributed by atoms with Gasteiger partial charge < -0.3 is 15.4 Å². The molecule has 1 amide bonds. The Morgan fingerprint density at radius 2 is 2.08 bits per heavy atom. The van der Waals surface area contributed by atoms with Crippen LogP contribution in [-0.4, -0.2) is 48.4 Å². The van der Waals surface area contributed by atoms with Gasteiger partial charge in [-0.3, -0.25) is 14.3 Å². The van der Waals surface area contributed by atoms with Gasteiger partial charge >= 0.3 is 5.97 Å². The largest absolute Gasteiger partial charge is 0.468 e. The Hall–Kier alpha value is -1.93. The summed E-state index contributed by atoms with van der Waals surface area (Å²) in [5, 5.41) is 13.5. The smallest absolute Gasteiger partial charge is 0.319 e. The van der Waals surface area contributed by atoms with Gasteiger partial charge in [-0.25, -0.2) is 0 Å². The molecular formula is C18H26N4O3S. The fourth-order valence-electron chi connectivity index (χ4n) is 3.49. The molecule has 0 bridgehead atoms. The van der Waals surface area contributed by atoms with Gasteiger partial charge in [-0.05, 0) is 19.8 Å². The summed E-state index contributed by atoms with van der Waals surface area (Å²) >= 11 is 1.60. The molecule has 3 rings (SSSR count). The summed E-state index contributed by atoms with van der Waals surface area (Å²) in [4.78, 5) is 24.7. The summed E-state index contributed by atoms with van der Waals surface area (Å²) in [6.45, 7) is 3.07. The molecule has 8 heteroatoms. The summed E-state index contributed by atoms with van der Waals surface area (Å²) in [5.41, 5.74) is 1.61. The molecule has 0 saturated heterocycles. The van der Waals surface area contributed by atoms with Crippen molar-refractivity contribution in [1.82, 2.24) is 20.4 Å². The predicted octanol–water partition coefficient (Wildman–Crippen LogP) is 2.40. The van der Waals surface area contributed by atoms with E-state index in [9.17, 15) is 9.59 Å². The molecule has 1 saturated carbocycles. The third-order valence-corrected chi connectivity index (χ3v) is 5.82. The summed E-state index contributed by atoms with van der Waals surface area (Å²) < 4.78 is 6.70. The molecule has 1 aliphatic carbocycles. The zero-order valence-electron chi connectivity index (χ0n) is 15.3. The highest BCUT2D eigenvalue weighted by atomic mass is 32.1. The van der Waals surface area contributed by atoms with E-state index in [1.807, 2.05) is 12.3 Å². The highest BCUT2D eigenvalue weighted by Crippen LogP contribution is 2.35. The monoisotopic (exact) mass is 378 g/mol. The van der Waals surface area contributed by atoms with Gasteiger partial charge in [0, 0.05) is 23.9 Å². The molecule has 0 unspecified atom stereocenters. The molecule has 0 radical (unpaired) electrons. The lowest BCUT2D eigenvalue weighted by Crippen LogP contribution is -2.34. The van der Waals surface area contributed by atoms with Gasteiger partial charge in [0.05, 0.1) is 31.0 Å². The lowest BCUT2D eigenvalue weighted by molar-refractivity contribution is -0.139. The number of aryl methyl sites for hydroxylation is 1. The first-order chi connectivity index (χ1) is 12.6. The Kier molecular flexibility index (Phi) is 6.26. The van der Waals surface area contributed by atoms with Crippen molar-refractivity contribution in [3.05, 3.63) is 16.6 Å². The molecule has 2 aromatic heterocycles. The van der Waals surface area contributed by atoms with E-state index in [1.54, 1.807) is 11.3 Å². The Morgan fingerprint density at radius 3 is 2.81 bits per heavy atom. The number of amides is 1. The average Bonchev–Trinajstić information content (AvgIpc) is 3.23. The molecule has 2 heterocycles. The Balaban J connectivity index is 1.64. The van der Waals surface area contributed by atoms with Gasteiger partial charge in [-0.2, -0.15) is 5.10 Å². The number of ether oxygens (including phenoxy) is 1. The van der Waals surface area contributed by atoms with E-state index < -0.39 is 0 Å². The van der Waals surface area contributed by atoms with E-state index in [2.05, 4.69) is 20.1 Å². The summed E-state index contributed by atoms with van der Waals surface area (Å²) in [5.74, 6) is -0.413.